The van der Waals surface area contributed by atoms with E-state index in [2.05, 4.69) is 36.3 Å². The molecule has 2 fully saturated rings. The molecular formula is C27H31F3N4O3. The van der Waals surface area contributed by atoms with Gasteiger partial charge in [-0.05, 0) is 36.5 Å². The van der Waals surface area contributed by atoms with Crippen molar-refractivity contribution < 1.29 is 27.9 Å². The topological polar surface area (TPSA) is 85.8 Å². The summed E-state index contributed by atoms with van der Waals surface area (Å²) in [5, 5.41) is 12.4. The fraction of sp³-hybridized carbons (Fsp3) is 0.519. The number of amides is 2. The molecule has 7 nitrogen and oxygen atoms in total. The van der Waals surface area contributed by atoms with Crippen molar-refractivity contribution in [2.24, 2.45) is 11.3 Å². The monoisotopic (exact) mass is 516 g/mol. The van der Waals surface area contributed by atoms with Gasteiger partial charge in [0.25, 0.3) is 0 Å². The van der Waals surface area contributed by atoms with Crippen LogP contribution in [0.2, 0.25) is 0 Å². The summed E-state index contributed by atoms with van der Waals surface area (Å²) in [6, 6.07) is 9.05. The molecule has 37 heavy (non-hydrogen) atoms. The number of pyridine rings is 1. The van der Waals surface area contributed by atoms with Crippen molar-refractivity contribution in [2.45, 2.75) is 56.8 Å². The molecule has 2 heterocycles. The summed E-state index contributed by atoms with van der Waals surface area (Å²) in [7, 11) is 1.18. The van der Waals surface area contributed by atoms with Gasteiger partial charge in [-0.15, -0.1) is 0 Å². The molecule has 2 aliphatic carbocycles. The van der Waals surface area contributed by atoms with Crippen molar-refractivity contribution in [1.82, 2.24) is 14.8 Å². The van der Waals surface area contributed by atoms with Gasteiger partial charge in [0.1, 0.15) is 5.82 Å². The molecule has 2 amide bonds. The Morgan fingerprint density at radius 3 is 2.41 bits per heavy atom. The lowest BCUT2D eigenvalue weighted by atomic mass is 9.57. The van der Waals surface area contributed by atoms with Crippen molar-refractivity contribution >= 4 is 17.8 Å². The zero-order valence-corrected chi connectivity index (χ0v) is 21.0. The van der Waals surface area contributed by atoms with Gasteiger partial charge >= 0.3 is 12.3 Å². The number of likely N-dealkylation sites (tertiary alicyclic amines) is 1. The summed E-state index contributed by atoms with van der Waals surface area (Å²) in [6.45, 7) is 4.94. The third-order valence-electron chi connectivity index (χ3n) is 8.51. The fourth-order valence-corrected chi connectivity index (χ4v) is 6.42. The lowest BCUT2D eigenvalue weighted by molar-refractivity contribution is -0.195. The van der Waals surface area contributed by atoms with E-state index in [1.54, 1.807) is 6.07 Å². The number of anilines is 1. The molecule has 1 aliphatic heterocycles. The van der Waals surface area contributed by atoms with Gasteiger partial charge in [0.05, 0.1) is 0 Å². The lowest BCUT2D eigenvalue weighted by Crippen LogP contribution is -2.65. The normalized spacial score (nSPS) is 22.5. The quantitative estimate of drug-likeness (QED) is 0.594. The third kappa shape index (κ3) is 4.40. The maximum atomic E-state index is 14.1. The van der Waals surface area contributed by atoms with Gasteiger partial charge in [0.15, 0.2) is 6.04 Å². The van der Waals surface area contributed by atoms with E-state index in [-0.39, 0.29) is 22.4 Å². The molecule has 1 spiro atoms. The van der Waals surface area contributed by atoms with Crippen LogP contribution in [0.1, 0.15) is 49.4 Å². The number of alkyl halides is 3. The second kappa shape index (κ2) is 8.63. The van der Waals surface area contributed by atoms with Crippen LogP contribution in [0.4, 0.5) is 23.8 Å². The Hall–Kier alpha value is -3.30. The maximum Gasteiger partial charge on any atom is 0.413 e. The van der Waals surface area contributed by atoms with E-state index >= 15 is 0 Å². The minimum atomic E-state index is -4.67. The molecule has 1 saturated carbocycles. The predicted octanol–water partition coefficient (Wildman–Crippen LogP) is 4.85. The second-order valence-electron chi connectivity index (χ2n) is 11.4. The van der Waals surface area contributed by atoms with Crippen LogP contribution in [0, 0.1) is 11.3 Å². The average Bonchev–Trinajstić information content (AvgIpc) is 3.01. The first-order chi connectivity index (χ1) is 17.3. The maximum absolute atomic E-state index is 14.1. The highest BCUT2D eigenvalue weighted by atomic mass is 19.4. The summed E-state index contributed by atoms with van der Waals surface area (Å²) in [6.07, 6.45) is -2.88. The predicted molar refractivity (Wildman–Crippen MR) is 131 cm³/mol. The summed E-state index contributed by atoms with van der Waals surface area (Å²) >= 11 is 0. The number of hydrogen-bond acceptors (Lipinski definition) is 4. The zero-order valence-electron chi connectivity index (χ0n) is 21.0. The summed E-state index contributed by atoms with van der Waals surface area (Å²) in [5.41, 5.74) is 1.96. The first-order valence-corrected chi connectivity index (χ1v) is 12.4. The number of rotatable bonds is 5. The molecule has 1 aromatic carbocycles. The third-order valence-corrected chi connectivity index (χ3v) is 8.51. The Morgan fingerprint density at radius 2 is 1.84 bits per heavy atom. The minimum absolute atomic E-state index is 0.0420. The Labute approximate surface area is 213 Å². The molecule has 3 aliphatic rings. The molecule has 0 bridgehead atoms. The minimum Gasteiger partial charge on any atom is -0.465 e. The zero-order chi connectivity index (χ0) is 26.8. The highest BCUT2D eigenvalue weighted by Crippen LogP contribution is 2.53. The lowest BCUT2D eigenvalue weighted by Gasteiger charge is -2.58. The average molecular weight is 517 g/mol. The molecule has 2 N–H and O–H groups in total. The number of nitrogens with zero attached hydrogens (tertiary/aromatic N) is 3. The Kier molecular flexibility index (Phi) is 5.91. The molecule has 1 aromatic heterocycles. The van der Waals surface area contributed by atoms with Gasteiger partial charge in [-0.3, -0.25) is 4.79 Å². The molecule has 10 heteroatoms. The van der Waals surface area contributed by atoms with Crippen LogP contribution in [0.5, 0.6) is 0 Å². The van der Waals surface area contributed by atoms with Gasteiger partial charge in [-0.1, -0.05) is 44.2 Å². The van der Waals surface area contributed by atoms with Gasteiger partial charge in [-0.2, -0.15) is 13.2 Å². The number of benzene rings is 1. The number of aromatic nitrogens is 1. The van der Waals surface area contributed by atoms with Crippen LogP contribution in [0.3, 0.4) is 0 Å². The SMILES string of the molecule is CN(C(=O)C1CC2(C1)CN(C(=O)O)C2)[C@@H](c1ccc(NC2Cc3ccccc3C2(C)C)nc1)C(F)(F)F. The van der Waals surface area contributed by atoms with Crippen LogP contribution in [-0.4, -0.2) is 64.2 Å². The number of fused-ring (bicyclic) bond motifs is 1. The fourth-order valence-electron chi connectivity index (χ4n) is 6.42. The van der Waals surface area contributed by atoms with Crippen LogP contribution < -0.4 is 5.32 Å². The van der Waals surface area contributed by atoms with Crippen LogP contribution in [-0.2, 0) is 16.6 Å². The molecule has 198 valence electrons. The smallest absolute Gasteiger partial charge is 0.413 e. The Morgan fingerprint density at radius 1 is 1.16 bits per heavy atom. The van der Waals surface area contributed by atoms with Crippen LogP contribution in [0.15, 0.2) is 42.6 Å². The van der Waals surface area contributed by atoms with Gasteiger partial charge in [-0.25, -0.2) is 9.78 Å². The molecule has 1 saturated heterocycles. The molecule has 5 rings (SSSR count). The van der Waals surface area contributed by atoms with E-state index < -0.39 is 30.1 Å². The Balaban J connectivity index is 1.26. The van der Waals surface area contributed by atoms with E-state index in [9.17, 15) is 22.8 Å². The van der Waals surface area contributed by atoms with Crippen molar-refractivity contribution in [3.63, 3.8) is 0 Å². The van der Waals surface area contributed by atoms with Crippen molar-refractivity contribution in [3.05, 3.63) is 59.3 Å². The molecular weight excluding hydrogens is 485 g/mol. The van der Waals surface area contributed by atoms with Crippen LogP contribution >= 0.6 is 0 Å². The number of carbonyl (C=O) groups is 2. The van der Waals surface area contributed by atoms with E-state index in [0.717, 1.165) is 11.3 Å². The van der Waals surface area contributed by atoms with Gasteiger partial charge in [0.2, 0.25) is 5.91 Å². The second-order valence-corrected chi connectivity index (χ2v) is 11.4. The van der Waals surface area contributed by atoms with Crippen molar-refractivity contribution in [2.75, 3.05) is 25.5 Å². The van der Waals surface area contributed by atoms with Crippen molar-refractivity contribution in [1.29, 1.82) is 0 Å². The summed E-state index contributed by atoms with van der Waals surface area (Å²) in [5.74, 6) is -0.626. The van der Waals surface area contributed by atoms with E-state index in [1.165, 1.54) is 35.3 Å². The molecule has 0 radical (unpaired) electrons. The molecule has 2 aromatic rings. The number of carbonyl (C=O) groups excluding carboxylic acids is 1. The molecule has 2 atom stereocenters. The van der Waals surface area contributed by atoms with Gasteiger partial charge < -0.3 is 20.2 Å². The van der Waals surface area contributed by atoms with Gasteiger partial charge in [0, 0.05) is 54.7 Å². The molecule has 1 unspecified atom stereocenters. The number of carboxylic acid groups (broad SMARTS) is 1. The number of halogens is 3. The highest BCUT2D eigenvalue weighted by molar-refractivity contribution is 5.80. The first-order valence-electron chi connectivity index (χ1n) is 12.4. The summed E-state index contributed by atoms with van der Waals surface area (Å²) < 4.78 is 42.4. The van der Waals surface area contributed by atoms with Crippen molar-refractivity contribution in [3.8, 4) is 0 Å². The number of hydrogen-bond donors (Lipinski definition) is 2. The largest absolute Gasteiger partial charge is 0.465 e. The highest BCUT2D eigenvalue weighted by Gasteiger charge is 2.57. The van der Waals surface area contributed by atoms with E-state index in [0.29, 0.717) is 31.7 Å². The van der Waals surface area contributed by atoms with E-state index in [4.69, 9.17) is 5.11 Å². The first kappa shape index (κ1) is 25.4. The van der Waals surface area contributed by atoms with Crippen LogP contribution in [0.25, 0.3) is 0 Å². The number of nitrogens with one attached hydrogen (secondary N) is 1. The standard InChI is InChI=1S/C27H31F3N4O3/c1-25(2)19-7-5-4-6-16(19)10-20(25)32-21-9-8-17(13-31-21)22(27(28,29)30)33(3)23(35)18-11-26(12-18)14-34(15-26)24(36)37/h4-9,13,18,20,22H,10-12,14-15H2,1-3H3,(H,31,32)(H,36,37)/t20?,22-/m0/s1. The Bertz CT molecular complexity index is 1200. The van der Waals surface area contributed by atoms with E-state index in [1.807, 2.05) is 12.1 Å². The summed E-state index contributed by atoms with van der Waals surface area (Å²) in [4.78, 5) is 30.3.